The van der Waals surface area contributed by atoms with Crippen molar-refractivity contribution >= 4 is 11.7 Å². The number of rotatable bonds is 6. The van der Waals surface area contributed by atoms with Crippen LogP contribution in [0.2, 0.25) is 0 Å². The molecule has 0 aliphatic rings. The molecule has 0 aliphatic carbocycles. The standard InChI is InChI=1S/C19H24N2O4/c1-12-6-8-16(23-3)15(10-12)21-19(22)20-13(2)14-7-9-17(24-4)18(11-14)25-5/h6-11,13H,1-5H3,(H2,20,21,22)/t13-/m1/s1. The van der Waals surface area contributed by atoms with Gasteiger partial charge in [-0.25, -0.2) is 4.79 Å². The van der Waals surface area contributed by atoms with Crippen molar-refractivity contribution < 1.29 is 19.0 Å². The minimum absolute atomic E-state index is 0.212. The van der Waals surface area contributed by atoms with Crippen LogP contribution in [-0.2, 0) is 0 Å². The molecule has 2 amide bonds. The number of anilines is 1. The maximum Gasteiger partial charge on any atom is 0.319 e. The van der Waals surface area contributed by atoms with Crippen molar-refractivity contribution in [2.45, 2.75) is 19.9 Å². The van der Waals surface area contributed by atoms with E-state index < -0.39 is 0 Å². The highest BCUT2D eigenvalue weighted by atomic mass is 16.5. The highest BCUT2D eigenvalue weighted by molar-refractivity contribution is 5.91. The van der Waals surface area contributed by atoms with Crippen LogP contribution in [0.5, 0.6) is 17.2 Å². The van der Waals surface area contributed by atoms with Gasteiger partial charge in [0, 0.05) is 0 Å². The van der Waals surface area contributed by atoms with Gasteiger partial charge in [-0.2, -0.15) is 0 Å². The largest absolute Gasteiger partial charge is 0.495 e. The summed E-state index contributed by atoms with van der Waals surface area (Å²) in [5.41, 5.74) is 2.56. The summed E-state index contributed by atoms with van der Waals surface area (Å²) in [5.74, 6) is 1.88. The molecular formula is C19H24N2O4. The van der Waals surface area contributed by atoms with Crippen LogP contribution in [0.4, 0.5) is 10.5 Å². The first kappa shape index (κ1) is 18.4. The minimum atomic E-state index is -0.314. The zero-order valence-corrected chi connectivity index (χ0v) is 15.2. The molecule has 2 aromatic carbocycles. The van der Waals surface area contributed by atoms with Crippen molar-refractivity contribution in [3.63, 3.8) is 0 Å². The lowest BCUT2D eigenvalue weighted by Gasteiger charge is -2.18. The molecule has 6 nitrogen and oxygen atoms in total. The van der Waals surface area contributed by atoms with Gasteiger partial charge in [0.25, 0.3) is 0 Å². The molecule has 0 bridgehead atoms. The molecule has 0 saturated carbocycles. The summed E-state index contributed by atoms with van der Waals surface area (Å²) in [4.78, 5) is 12.3. The fourth-order valence-corrected chi connectivity index (χ4v) is 2.48. The molecule has 2 N–H and O–H groups in total. The third kappa shape index (κ3) is 4.56. The number of nitrogens with one attached hydrogen (secondary N) is 2. The van der Waals surface area contributed by atoms with E-state index in [1.807, 2.05) is 50.2 Å². The molecule has 25 heavy (non-hydrogen) atoms. The fraction of sp³-hybridized carbons (Fsp3) is 0.316. The number of ether oxygens (including phenoxy) is 3. The van der Waals surface area contributed by atoms with E-state index in [9.17, 15) is 4.79 Å². The maximum absolute atomic E-state index is 12.3. The molecule has 0 aromatic heterocycles. The molecule has 0 unspecified atom stereocenters. The fourth-order valence-electron chi connectivity index (χ4n) is 2.48. The predicted octanol–water partition coefficient (Wildman–Crippen LogP) is 3.90. The van der Waals surface area contributed by atoms with Crippen LogP contribution >= 0.6 is 0 Å². The zero-order valence-electron chi connectivity index (χ0n) is 15.2. The Bertz CT molecular complexity index is 746. The second-order valence-electron chi connectivity index (χ2n) is 5.64. The van der Waals surface area contributed by atoms with Gasteiger partial charge in [-0.15, -0.1) is 0 Å². The van der Waals surface area contributed by atoms with E-state index in [0.29, 0.717) is 22.9 Å². The van der Waals surface area contributed by atoms with Crippen LogP contribution in [0.1, 0.15) is 24.1 Å². The number of methoxy groups -OCH3 is 3. The summed E-state index contributed by atoms with van der Waals surface area (Å²) in [5, 5.41) is 5.73. The third-order valence-corrected chi connectivity index (χ3v) is 3.86. The molecule has 0 saturated heterocycles. The topological polar surface area (TPSA) is 68.8 Å². The van der Waals surface area contributed by atoms with Crippen LogP contribution in [0.25, 0.3) is 0 Å². The first-order chi connectivity index (χ1) is 12.0. The first-order valence-corrected chi connectivity index (χ1v) is 7.92. The predicted molar refractivity (Wildman–Crippen MR) is 97.8 cm³/mol. The first-order valence-electron chi connectivity index (χ1n) is 7.92. The van der Waals surface area contributed by atoms with E-state index in [2.05, 4.69) is 10.6 Å². The SMILES string of the molecule is COc1ccc(C)cc1NC(=O)N[C@H](C)c1ccc(OC)c(OC)c1. The lowest BCUT2D eigenvalue weighted by atomic mass is 10.1. The number of aryl methyl sites for hydroxylation is 1. The second-order valence-corrected chi connectivity index (χ2v) is 5.64. The van der Waals surface area contributed by atoms with Crippen LogP contribution in [-0.4, -0.2) is 27.4 Å². The van der Waals surface area contributed by atoms with Gasteiger partial charge in [0.1, 0.15) is 5.75 Å². The van der Waals surface area contributed by atoms with Gasteiger partial charge in [0.15, 0.2) is 11.5 Å². The van der Waals surface area contributed by atoms with Crippen molar-refractivity contribution in [2.75, 3.05) is 26.6 Å². The van der Waals surface area contributed by atoms with Gasteiger partial charge in [0.05, 0.1) is 33.1 Å². The molecule has 0 fully saturated rings. The zero-order chi connectivity index (χ0) is 18.4. The molecule has 0 radical (unpaired) electrons. The second kappa shape index (κ2) is 8.28. The monoisotopic (exact) mass is 344 g/mol. The number of benzene rings is 2. The normalized spacial score (nSPS) is 11.4. The van der Waals surface area contributed by atoms with Gasteiger partial charge in [-0.3, -0.25) is 0 Å². The Morgan fingerprint density at radius 3 is 2.20 bits per heavy atom. The third-order valence-electron chi connectivity index (χ3n) is 3.86. The Labute approximate surface area is 148 Å². The summed E-state index contributed by atoms with van der Waals surface area (Å²) in [6.45, 7) is 3.85. The lowest BCUT2D eigenvalue weighted by molar-refractivity contribution is 0.249. The van der Waals surface area contributed by atoms with Crippen LogP contribution in [0, 0.1) is 6.92 Å². The van der Waals surface area contributed by atoms with E-state index in [-0.39, 0.29) is 12.1 Å². The number of hydrogen-bond acceptors (Lipinski definition) is 4. The molecule has 1 atom stereocenters. The average Bonchev–Trinajstić information content (AvgIpc) is 2.61. The summed E-state index contributed by atoms with van der Waals surface area (Å²) < 4.78 is 15.8. The Morgan fingerprint density at radius 2 is 1.56 bits per heavy atom. The molecule has 134 valence electrons. The quantitative estimate of drug-likeness (QED) is 0.834. The average molecular weight is 344 g/mol. The van der Waals surface area contributed by atoms with Crippen LogP contribution in [0.3, 0.4) is 0 Å². The van der Waals surface area contributed by atoms with Crippen molar-refractivity contribution in [3.05, 3.63) is 47.5 Å². The van der Waals surface area contributed by atoms with Crippen molar-refractivity contribution in [2.24, 2.45) is 0 Å². The Hall–Kier alpha value is -2.89. The van der Waals surface area contributed by atoms with E-state index >= 15 is 0 Å². The highest BCUT2D eigenvalue weighted by Gasteiger charge is 2.14. The van der Waals surface area contributed by atoms with Crippen LogP contribution < -0.4 is 24.8 Å². The molecule has 2 aromatic rings. The Morgan fingerprint density at radius 1 is 0.920 bits per heavy atom. The van der Waals surface area contributed by atoms with E-state index in [4.69, 9.17) is 14.2 Å². The number of hydrogen-bond donors (Lipinski definition) is 2. The molecular weight excluding hydrogens is 320 g/mol. The number of amides is 2. The lowest BCUT2D eigenvalue weighted by Crippen LogP contribution is -2.31. The molecule has 0 spiro atoms. The van der Waals surface area contributed by atoms with Crippen molar-refractivity contribution in [1.82, 2.24) is 5.32 Å². The number of carbonyl (C=O) groups excluding carboxylic acids is 1. The van der Waals surface area contributed by atoms with Gasteiger partial charge < -0.3 is 24.8 Å². The Balaban J connectivity index is 2.09. The van der Waals surface area contributed by atoms with Crippen molar-refractivity contribution in [1.29, 1.82) is 0 Å². The molecule has 0 heterocycles. The van der Waals surface area contributed by atoms with E-state index in [1.54, 1.807) is 21.3 Å². The van der Waals surface area contributed by atoms with Gasteiger partial charge in [-0.05, 0) is 49.2 Å². The Kier molecular flexibility index (Phi) is 6.11. The molecule has 0 aliphatic heterocycles. The number of carbonyl (C=O) groups is 1. The summed E-state index contributed by atoms with van der Waals surface area (Å²) in [7, 11) is 4.73. The summed E-state index contributed by atoms with van der Waals surface area (Å²) >= 11 is 0. The van der Waals surface area contributed by atoms with Crippen LogP contribution in [0.15, 0.2) is 36.4 Å². The van der Waals surface area contributed by atoms with Crippen molar-refractivity contribution in [3.8, 4) is 17.2 Å². The van der Waals surface area contributed by atoms with Gasteiger partial charge >= 0.3 is 6.03 Å². The summed E-state index contributed by atoms with van der Waals surface area (Å²) in [6, 6.07) is 10.6. The van der Waals surface area contributed by atoms with Gasteiger partial charge in [0.2, 0.25) is 0 Å². The highest BCUT2D eigenvalue weighted by Crippen LogP contribution is 2.30. The van der Waals surface area contributed by atoms with E-state index in [1.165, 1.54) is 0 Å². The molecule has 6 heteroatoms. The summed E-state index contributed by atoms with van der Waals surface area (Å²) in [6.07, 6.45) is 0. The number of urea groups is 1. The van der Waals surface area contributed by atoms with E-state index in [0.717, 1.165) is 11.1 Å². The molecule has 2 rings (SSSR count). The maximum atomic E-state index is 12.3. The van der Waals surface area contributed by atoms with Gasteiger partial charge in [-0.1, -0.05) is 12.1 Å². The minimum Gasteiger partial charge on any atom is -0.495 e. The smallest absolute Gasteiger partial charge is 0.319 e.